The number of nitrogens with one attached hydrogen (secondary N) is 1. The fourth-order valence-corrected chi connectivity index (χ4v) is 4.31. The fraction of sp³-hybridized carbons (Fsp3) is 0.269. The van der Waals surface area contributed by atoms with Crippen LogP contribution in [-0.2, 0) is 26.0 Å². The van der Waals surface area contributed by atoms with Gasteiger partial charge in [-0.3, -0.25) is 4.79 Å². The molecule has 40 heavy (non-hydrogen) atoms. The first-order valence-electron chi connectivity index (χ1n) is 11.7. The highest BCUT2D eigenvalue weighted by Gasteiger charge is 2.21. The molecule has 0 amide bonds. The monoisotopic (exact) mass is 581 g/mol. The van der Waals surface area contributed by atoms with Gasteiger partial charge in [0.2, 0.25) is 10.0 Å². The first-order valence-corrected chi connectivity index (χ1v) is 13.3. The number of aryl methyl sites for hydroxylation is 1. The first kappa shape index (κ1) is 32.1. The lowest BCUT2D eigenvalue weighted by Crippen LogP contribution is -2.35. The molecule has 3 aromatic rings. The summed E-state index contributed by atoms with van der Waals surface area (Å²) in [4.78, 5) is 31.3. The number of nitrogens with zero attached hydrogens (tertiary/aromatic N) is 1. The van der Waals surface area contributed by atoms with E-state index in [9.17, 15) is 22.0 Å². The van der Waals surface area contributed by atoms with Gasteiger partial charge in [-0.25, -0.2) is 23.1 Å². The molecular weight excluding hydrogens is 552 g/mol. The molecule has 1 heterocycles. The minimum Gasteiger partial charge on any atom is -0.473 e. The summed E-state index contributed by atoms with van der Waals surface area (Å²) in [5.41, 5.74) is 3.81. The van der Waals surface area contributed by atoms with Gasteiger partial charge < -0.3 is 24.8 Å². The highest BCUT2D eigenvalue weighted by molar-refractivity contribution is 7.89. The predicted octanol–water partition coefficient (Wildman–Crippen LogP) is 2.90. The molecule has 0 bridgehead atoms. The van der Waals surface area contributed by atoms with Crippen molar-refractivity contribution < 1.29 is 46.5 Å². The maximum atomic E-state index is 13.1. The number of carbonyl (C=O) groups is 3. The molecule has 0 fully saturated rings. The van der Waals surface area contributed by atoms with E-state index >= 15 is 0 Å². The van der Waals surface area contributed by atoms with Crippen LogP contribution < -0.4 is 15.2 Å². The van der Waals surface area contributed by atoms with Gasteiger partial charge in [0.1, 0.15) is 5.75 Å². The largest absolute Gasteiger partial charge is 0.473 e. The van der Waals surface area contributed by atoms with Crippen LogP contribution >= 0.6 is 0 Å². The molecule has 3 rings (SSSR count). The number of rotatable bonds is 10. The number of carbonyl (C=O) groups excluding carboxylic acids is 1. The summed E-state index contributed by atoms with van der Waals surface area (Å²) in [6.07, 6.45) is 0.606. The van der Waals surface area contributed by atoms with Gasteiger partial charge in [-0.05, 0) is 81.8 Å². The molecule has 14 heteroatoms. The van der Waals surface area contributed by atoms with E-state index in [1.807, 2.05) is 24.5 Å². The molecule has 5 N–H and O–H groups in total. The van der Waals surface area contributed by atoms with Gasteiger partial charge in [0.05, 0.1) is 10.9 Å². The molecule has 0 saturated carbocycles. The number of sulfonamides is 1. The Morgan fingerprint density at radius 3 is 2.02 bits per heavy atom. The third-order valence-corrected chi connectivity index (χ3v) is 6.64. The number of ketones is 1. The summed E-state index contributed by atoms with van der Waals surface area (Å²) in [6, 6.07) is 13.9. The number of benzene rings is 2. The van der Waals surface area contributed by atoms with Crippen LogP contribution in [0.5, 0.6) is 5.75 Å². The molecule has 0 aliphatic carbocycles. The Bertz CT molecular complexity index is 1440. The molecule has 0 aliphatic heterocycles. The number of primary sulfonamides is 1. The molecule has 0 radical (unpaired) electrons. The zero-order valence-electron chi connectivity index (χ0n) is 21.8. The molecule has 0 saturated heterocycles. The van der Waals surface area contributed by atoms with Crippen molar-refractivity contribution >= 4 is 27.7 Å². The Kier molecular flexibility index (Phi) is 11.0. The summed E-state index contributed by atoms with van der Waals surface area (Å²) in [5, 5.41) is 23.1. The number of carboxylic acid groups (broad SMARTS) is 2. The van der Waals surface area contributed by atoms with Crippen LogP contribution in [0.3, 0.4) is 0 Å². The van der Waals surface area contributed by atoms with E-state index in [2.05, 4.69) is 10.1 Å². The van der Waals surface area contributed by atoms with E-state index in [0.29, 0.717) is 18.5 Å². The van der Waals surface area contributed by atoms with Gasteiger partial charge in [0, 0.05) is 22.6 Å². The average molecular weight is 582 g/mol. The van der Waals surface area contributed by atoms with Gasteiger partial charge in [0.15, 0.2) is 5.78 Å². The molecule has 1 atom stereocenters. The molecule has 2 aromatic carbocycles. The zero-order valence-corrected chi connectivity index (χ0v) is 22.6. The number of Topliss-reactive ketones (excluding diaryl/α,β-unsaturated/α-hetero) is 1. The molecule has 1 unspecified atom stereocenters. The van der Waals surface area contributed by atoms with Crippen molar-refractivity contribution in [1.82, 2.24) is 9.88 Å². The smallest absolute Gasteiger partial charge is 0.414 e. The Morgan fingerprint density at radius 1 is 1.00 bits per heavy atom. The van der Waals surface area contributed by atoms with E-state index in [0.717, 1.165) is 22.6 Å². The number of nitrogens with two attached hydrogens (primary N) is 1. The number of aromatic nitrogens is 1. The number of carboxylic acids is 2. The van der Waals surface area contributed by atoms with Crippen molar-refractivity contribution in [3.63, 3.8) is 0 Å². The predicted molar refractivity (Wildman–Crippen MR) is 140 cm³/mol. The maximum absolute atomic E-state index is 13.1. The van der Waals surface area contributed by atoms with Crippen LogP contribution in [0.1, 0.15) is 34.2 Å². The third kappa shape index (κ3) is 8.97. The fourth-order valence-electron chi connectivity index (χ4n) is 3.79. The summed E-state index contributed by atoms with van der Waals surface area (Å²) in [7, 11) is -3.73. The Balaban J connectivity index is 0.000000840. The van der Waals surface area contributed by atoms with E-state index < -0.39 is 34.6 Å². The summed E-state index contributed by atoms with van der Waals surface area (Å²) in [6.45, 7) is 3.13. The van der Waals surface area contributed by atoms with E-state index in [4.69, 9.17) is 24.9 Å². The van der Waals surface area contributed by atoms with Crippen LogP contribution in [-0.4, -0.2) is 60.1 Å². The van der Waals surface area contributed by atoms with Crippen LogP contribution in [0.4, 0.5) is 8.78 Å². The van der Waals surface area contributed by atoms with Crippen LogP contribution in [0.25, 0.3) is 5.69 Å². The van der Waals surface area contributed by atoms with Gasteiger partial charge >= 0.3 is 18.6 Å². The van der Waals surface area contributed by atoms with Crippen molar-refractivity contribution in [2.75, 3.05) is 6.54 Å². The van der Waals surface area contributed by atoms with Crippen LogP contribution in [0, 0.1) is 13.8 Å². The highest BCUT2D eigenvalue weighted by atomic mass is 32.2. The standard InChI is InChI=1S/C24H27F2N3O4S.C2H2O4/c1-15-14-22(17(3)29(15)19-6-8-20(9-7-19)33-24(25)26)23(30)16(2)28-13-12-18-4-10-21(11-5-18)34(27,31)32;3-1(4)2(5)6/h4-11,14,16,24,28H,12-13H2,1-3H3,(H2,27,31,32);(H,3,4)(H,5,6). The van der Waals surface area contributed by atoms with Crippen molar-refractivity contribution in [2.45, 2.75) is 44.7 Å². The second-order valence-corrected chi connectivity index (χ2v) is 10.1. The quantitative estimate of drug-likeness (QED) is 0.207. The van der Waals surface area contributed by atoms with E-state index in [-0.39, 0.29) is 16.4 Å². The minimum atomic E-state index is -3.73. The van der Waals surface area contributed by atoms with Gasteiger partial charge in [-0.15, -0.1) is 0 Å². The Hall–Kier alpha value is -4.14. The SMILES string of the molecule is Cc1cc(C(=O)C(C)NCCc2ccc(S(N)(=O)=O)cc2)c(C)n1-c1ccc(OC(F)F)cc1.O=C(O)C(=O)O. The number of alkyl halides is 2. The molecular formula is C26H29F2N3O8S. The molecule has 1 aromatic heterocycles. The summed E-state index contributed by atoms with van der Waals surface area (Å²) < 4.78 is 53.7. The van der Waals surface area contributed by atoms with Crippen LogP contribution in [0.15, 0.2) is 59.5 Å². The number of aliphatic carboxylic acids is 2. The zero-order chi connectivity index (χ0) is 30.2. The van der Waals surface area contributed by atoms with Gasteiger partial charge in [0.25, 0.3) is 0 Å². The topological polar surface area (TPSA) is 178 Å². The second-order valence-electron chi connectivity index (χ2n) is 8.58. The molecule has 0 spiro atoms. The third-order valence-electron chi connectivity index (χ3n) is 5.71. The number of halogens is 2. The Morgan fingerprint density at radius 2 is 1.55 bits per heavy atom. The molecule has 11 nitrogen and oxygen atoms in total. The van der Waals surface area contributed by atoms with Crippen molar-refractivity contribution in [3.8, 4) is 11.4 Å². The number of hydrogen-bond donors (Lipinski definition) is 4. The highest BCUT2D eigenvalue weighted by Crippen LogP contribution is 2.24. The molecule has 0 aliphatic rings. The second kappa shape index (κ2) is 13.8. The summed E-state index contributed by atoms with van der Waals surface area (Å²) in [5.74, 6) is -3.65. The van der Waals surface area contributed by atoms with Gasteiger partial charge in [-0.1, -0.05) is 12.1 Å². The van der Waals surface area contributed by atoms with Crippen molar-refractivity contribution in [2.24, 2.45) is 5.14 Å². The number of ether oxygens (including phenoxy) is 1. The minimum absolute atomic E-state index is 0.0549. The lowest BCUT2D eigenvalue weighted by molar-refractivity contribution is -0.159. The first-order chi connectivity index (χ1) is 18.6. The average Bonchev–Trinajstić information content (AvgIpc) is 3.17. The lowest BCUT2D eigenvalue weighted by Gasteiger charge is -2.14. The van der Waals surface area contributed by atoms with Crippen molar-refractivity contribution in [3.05, 3.63) is 77.1 Å². The van der Waals surface area contributed by atoms with Gasteiger partial charge in [-0.2, -0.15) is 8.78 Å². The summed E-state index contributed by atoms with van der Waals surface area (Å²) >= 11 is 0. The lowest BCUT2D eigenvalue weighted by atomic mass is 10.1. The Labute approximate surface area is 229 Å². The molecule has 216 valence electrons. The van der Waals surface area contributed by atoms with E-state index in [1.165, 1.54) is 24.3 Å². The number of hydrogen-bond acceptors (Lipinski definition) is 7. The van der Waals surface area contributed by atoms with Crippen molar-refractivity contribution in [1.29, 1.82) is 0 Å². The van der Waals surface area contributed by atoms with Crippen LogP contribution in [0.2, 0.25) is 0 Å². The maximum Gasteiger partial charge on any atom is 0.414 e. The van der Waals surface area contributed by atoms with E-state index in [1.54, 1.807) is 31.2 Å². The normalized spacial score (nSPS) is 11.9.